The first kappa shape index (κ1) is 53.4. The Bertz CT molecular complexity index is 3620. The molecule has 1 nitrogen and oxygen atoms in total. The van der Waals surface area contributed by atoms with Gasteiger partial charge in [-0.3, -0.25) is 0 Å². The summed E-state index contributed by atoms with van der Waals surface area (Å²) in [7, 11) is 0. The van der Waals surface area contributed by atoms with Gasteiger partial charge in [0.25, 0.3) is 0 Å². The largest absolute Gasteiger partial charge is 0.207 e. The summed E-state index contributed by atoms with van der Waals surface area (Å²) < 4.78 is 296. The first-order valence-electron chi connectivity index (χ1n) is 22.1. The second-order valence-corrected chi connectivity index (χ2v) is 17.2. The van der Waals surface area contributed by atoms with Gasteiger partial charge in [-0.2, -0.15) is 4.57 Å². The van der Waals surface area contributed by atoms with Crippen LogP contribution in [0.5, 0.6) is 0 Å². The number of nitrogens with zero attached hydrogens (tertiary/aromatic N) is 1. The lowest BCUT2D eigenvalue weighted by atomic mass is 9.12. The smallest absolute Gasteiger partial charge is 0.200 e. The quantitative estimate of drug-likeness (QED) is 0.0357. The Morgan fingerprint density at radius 2 is 0.571 bits per heavy atom. The summed E-state index contributed by atoms with van der Waals surface area (Å²) in [5.74, 6) is -71.4. The molecule has 10 rings (SSSR count). The van der Waals surface area contributed by atoms with Gasteiger partial charge in [0.05, 0.1) is 6.42 Å². The van der Waals surface area contributed by atoms with Crippen molar-refractivity contribution < 1.29 is 92.4 Å². The molecule has 22 heteroatoms. The molecule has 0 fully saturated rings. The molecule has 0 aliphatic heterocycles. The van der Waals surface area contributed by atoms with Gasteiger partial charge in [0, 0.05) is 17.0 Å². The minimum atomic E-state index is -7.22. The number of rotatable bonds is 8. The van der Waals surface area contributed by atoms with Crippen molar-refractivity contribution in [2.24, 2.45) is 0 Å². The third-order valence-electron chi connectivity index (χ3n) is 13.2. The first-order chi connectivity index (χ1) is 36.6. The Morgan fingerprint density at radius 1 is 0.286 bits per heavy atom. The Balaban J connectivity index is 0.000000197. The molecule has 0 amide bonds. The van der Waals surface area contributed by atoms with Gasteiger partial charge in [0.15, 0.2) is 88.2 Å². The van der Waals surface area contributed by atoms with E-state index in [1.807, 2.05) is 0 Å². The summed E-state index contributed by atoms with van der Waals surface area (Å²) in [6, 6.07) is 41.6. The number of fused-ring (bicyclic) bond motifs is 3. The van der Waals surface area contributed by atoms with E-state index >= 15 is 35.1 Å². The number of benzene rings is 9. The van der Waals surface area contributed by atoms with Gasteiger partial charge in [0.2, 0.25) is 0 Å². The molecule has 0 unspecified atom stereocenters. The molecular weight excluding hydrogens is 1070 g/mol. The fourth-order valence-corrected chi connectivity index (χ4v) is 9.79. The van der Waals surface area contributed by atoms with Gasteiger partial charge in [-0.1, -0.05) is 97.1 Å². The van der Waals surface area contributed by atoms with Crippen molar-refractivity contribution in [2.45, 2.75) is 13.0 Å². The van der Waals surface area contributed by atoms with E-state index in [0.717, 1.165) is 13.0 Å². The lowest BCUT2D eigenvalue weighted by Gasteiger charge is -2.44. The van der Waals surface area contributed by atoms with Crippen LogP contribution in [0, 0.1) is 116 Å². The predicted molar refractivity (Wildman–Crippen MR) is 243 cm³/mol. The molecule has 1 heterocycles. The summed E-state index contributed by atoms with van der Waals surface area (Å²) >= 11 is 0. The molecule has 1 aromatic heterocycles. The summed E-state index contributed by atoms with van der Waals surface area (Å²) in [5.41, 5.74) is -10.3. The standard InChI is InChI=1S/C31H24N.C24BF20/c1-2-10-23(11-3-1)22-32-19-18-24-12-4-9-17-29(24)31(32)21-30-27-15-7-5-13-25(27)20-26-14-6-8-16-28(26)30;26-5-1(6(27)14(35)21(42)13(5)34)25(2-7(28)15(36)22(43)16(37)8(2)29,3-9(30)17(38)23(44)18(39)10(3)31)4-11(32)19(40)24(45)20(41)12(4)33/h1-20H,21-22H2;/q+1;-1. The Labute approximate surface area is 419 Å². The molecule has 0 bridgehead atoms. The number of hydrogen-bond donors (Lipinski definition) is 0. The van der Waals surface area contributed by atoms with Gasteiger partial charge in [-0.15, -0.1) is 21.9 Å². The van der Waals surface area contributed by atoms with Crippen molar-refractivity contribution in [1.29, 1.82) is 0 Å². The second-order valence-electron chi connectivity index (χ2n) is 17.2. The van der Waals surface area contributed by atoms with Crippen LogP contribution in [-0.4, -0.2) is 6.15 Å². The lowest BCUT2D eigenvalue weighted by Crippen LogP contribution is -2.81. The van der Waals surface area contributed by atoms with Crippen molar-refractivity contribution in [3.8, 4) is 0 Å². The summed E-state index contributed by atoms with van der Waals surface area (Å²) in [4.78, 5) is 0. The maximum Gasteiger partial charge on any atom is 0.200 e. The van der Waals surface area contributed by atoms with Crippen LogP contribution in [-0.2, 0) is 13.0 Å². The number of hydrogen-bond acceptors (Lipinski definition) is 0. The second kappa shape index (κ2) is 20.3. The van der Waals surface area contributed by atoms with Crippen molar-refractivity contribution in [3.63, 3.8) is 0 Å². The van der Waals surface area contributed by atoms with E-state index in [9.17, 15) is 52.7 Å². The van der Waals surface area contributed by atoms with Gasteiger partial charge in [-0.05, 0) is 44.6 Å². The molecule has 0 saturated carbocycles. The van der Waals surface area contributed by atoms with Crippen LogP contribution >= 0.6 is 0 Å². The van der Waals surface area contributed by atoms with Crippen molar-refractivity contribution in [3.05, 3.63) is 255 Å². The normalized spacial score (nSPS) is 11.7. The van der Waals surface area contributed by atoms with Crippen molar-refractivity contribution >= 4 is 60.3 Å². The van der Waals surface area contributed by atoms with E-state index in [1.54, 1.807) is 0 Å². The van der Waals surface area contributed by atoms with E-state index < -0.39 is 144 Å². The van der Waals surface area contributed by atoms with E-state index in [2.05, 4.69) is 126 Å². The highest BCUT2D eigenvalue weighted by molar-refractivity contribution is 7.20. The van der Waals surface area contributed by atoms with E-state index in [4.69, 9.17) is 0 Å². The van der Waals surface area contributed by atoms with E-state index in [1.165, 1.54) is 49.1 Å². The van der Waals surface area contributed by atoms with Crippen LogP contribution in [0.25, 0.3) is 32.3 Å². The van der Waals surface area contributed by atoms with Crippen LogP contribution in [0.4, 0.5) is 87.8 Å². The molecular formula is C55H24BF20N. The Hall–Kier alpha value is -8.43. The molecule has 9 aromatic carbocycles. The lowest BCUT2D eigenvalue weighted by molar-refractivity contribution is -0.693. The zero-order valence-corrected chi connectivity index (χ0v) is 38.0. The van der Waals surface area contributed by atoms with Gasteiger partial charge in [0.1, 0.15) is 52.7 Å². The number of pyridine rings is 1. The molecule has 0 spiro atoms. The summed E-state index contributed by atoms with van der Waals surface area (Å²) in [5, 5.41) is 7.89. The highest BCUT2D eigenvalue weighted by Gasteiger charge is 2.52. The number of halogens is 20. The van der Waals surface area contributed by atoms with Crippen LogP contribution in [0.3, 0.4) is 0 Å². The molecule has 77 heavy (non-hydrogen) atoms. The maximum absolute atomic E-state index is 15.4. The van der Waals surface area contributed by atoms with Crippen LogP contribution in [0.1, 0.15) is 16.8 Å². The maximum atomic E-state index is 15.4. The van der Waals surface area contributed by atoms with Crippen LogP contribution in [0.15, 0.2) is 121 Å². The molecule has 10 aromatic rings. The topological polar surface area (TPSA) is 3.88 Å². The SMILES string of the molecule is Fc1c(F)c(F)c([B-](c2c(F)c(F)c(F)c(F)c2F)(c2c(F)c(F)c(F)c(F)c2F)c2c(F)c(F)c(F)c(F)c2F)c(F)c1F.c1ccc(C[n+]2ccc3ccccc3c2Cc2c3ccccc3cc3ccccc23)cc1. The highest BCUT2D eigenvalue weighted by Crippen LogP contribution is 2.33. The Kier molecular flexibility index (Phi) is 14.1. The summed E-state index contributed by atoms with van der Waals surface area (Å²) in [6.07, 6.45) is -4.08. The molecule has 0 N–H and O–H groups in total. The molecule has 392 valence electrons. The fourth-order valence-electron chi connectivity index (χ4n) is 9.79. The van der Waals surface area contributed by atoms with Crippen LogP contribution in [0.2, 0.25) is 0 Å². The minimum absolute atomic E-state index is 0.865. The van der Waals surface area contributed by atoms with Crippen molar-refractivity contribution in [2.75, 3.05) is 0 Å². The van der Waals surface area contributed by atoms with E-state index in [-0.39, 0.29) is 0 Å². The van der Waals surface area contributed by atoms with Crippen LogP contribution < -0.4 is 26.4 Å². The molecule has 0 aliphatic carbocycles. The summed E-state index contributed by atoms with van der Waals surface area (Å²) in [6.45, 7) is 0.865. The third kappa shape index (κ3) is 8.44. The van der Waals surface area contributed by atoms with Gasteiger partial charge < -0.3 is 0 Å². The third-order valence-corrected chi connectivity index (χ3v) is 13.2. The average molecular weight is 1090 g/mol. The van der Waals surface area contributed by atoms with Gasteiger partial charge in [-0.25, -0.2) is 87.8 Å². The number of aromatic nitrogens is 1. The molecule has 0 radical (unpaired) electrons. The molecule has 0 atom stereocenters. The first-order valence-corrected chi connectivity index (χ1v) is 22.1. The predicted octanol–water partition coefficient (Wildman–Crippen LogP) is 12.9. The average Bonchev–Trinajstić information content (AvgIpc) is 3.57. The van der Waals surface area contributed by atoms with Crippen molar-refractivity contribution in [1.82, 2.24) is 0 Å². The highest BCUT2D eigenvalue weighted by atomic mass is 19.2. The zero-order valence-electron chi connectivity index (χ0n) is 38.0. The molecule has 0 saturated heterocycles. The van der Waals surface area contributed by atoms with E-state index in [0.29, 0.717) is 0 Å². The Morgan fingerprint density at radius 3 is 0.922 bits per heavy atom. The zero-order chi connectivity index (χ0) is 55.7. The minimum Gasteiger partial charge on any atom is -0.207 e. The monoisotopic (exact) mass is 1090 g/mol. The fraction of sp³-hybridized carbons (Fsp3) is 0.0364. The van der Waals surface area contributed by atoms with Gasteiger partial charge >= 0.3 is 0 Å². The molecule has 0 aliphatic rings.